The van der Waals surface area contributed by atoms with Crippen LogP contribution in [-0.4, -0.2) is 29.3 Å². The molecule has 2 rings (SSSR count). The first kappa shape index (κ1) is 11.8. The summed E-state index contributed by atoms with van der Waals surface area (Å²) in [6.07, 6.45) is 6.24. The summed E-state index contributed by atoms with van der Waals surface area (Å²) < 4.78 is 26.1. The Balaban J connectivity index is 2.11. The van der Waals surface area contributed by atoms with Gasteiger partial charge in [0.15, 0.2) is 0 Å². The van der Waals surface area contributed by atoms with Crippen molar-refractivity contribution in [1.29, 1.82) is 0 Å². The molecule has 2 fully saturated rings. The quantitative estimate of drug-likeness (QED) is 0.679. The molecule has 2 atom stereocenters. The first-order chi connectivity index (χ1) is 7.50. The molecule has 0 aromatic carbocycles. The largest absolute Gasteiger partial charge is 0.334 e. The summed E-state index contributed by atoms with van der Waals surface area (Å²) in [6.45, 7) is 1.23. The molecule has 0 aromatic heterocycles. The van der Waals surface area contributed by atoms with Gasteiger partial charge in [-0.3, -0.25) is 4.79 Å². The van der Waals surface area contributed by atoms with Gasteiger partial charge in [-0.2, -0.15) is 8.78 Å². The molecule has 1 aliphatic carbocycles. The number of piperidine rings is 1. The van der Waals surface area contributed by atoms with Crippen LogP contribution in [0.2, 0.25) is 0 Å². The van der Waals surface area contributed by atoms with E-state index in [-0.39, 0.29) is 6.04 Å². The number of nitrogens with zero attached hydrogens (tertiary/aromatic N) is 1. The van der Waals surface area contributed by atoms with Gasteiger partial charge >= 0.3 is 5.92 Å². The Morgan fingerprint density at radius 1 is 1.19 bits per heavy atom. The molecular formula is C12H19F2NO. The van der Waals surface area contributed by atoms with E-state index < -0.39 is 11.8 Å². The van der Waals surface area contributed by atoms with Crippen LogP contribution in [0.4, 0.5) is 8.78 Å². The van der Waals surface area contributed by atoms with Gasteiger partial charge in [0, 0.05) is 19.5 Å². The summed E-state index contributed by atoms with van der Waals surface area (Å²) in [5.74, 6) is -3.71. The van der Waals surface area contributed by atoms with Gasteiger partial charge in [0.05, 0.1) is 0 Å². The molecule has 2 aliphatic rings. The van der Waals surface area contributed by atoms with E-state index in [4.69, 9.17) is 0 Å². The molecule has 92 valence electrons. The van der Waals surface area contributed by atoms with Crippen LogP contribution in [0.3, 0.4) is 0 Å². The highest BCUT2D eigenvalue weighted by atomic mass is 19.3. The average Bonchev–Trinajstić information content (AvgIpc) is 2.26. The average molecular weight is 231 g/mol. The summed E-state index contributed by atoms with van der Waals surface area (Å²) >= 11 is 0. The second kappa shape index (κ2) is 4.30. The van der Waals surface area contributed by atoms with Crippen molar-refractivity contribution in [1.82, 2.24) is 4.90 Å². The van der Waals surface area contributed by atoms with Crippen LogP contribution in [0.25, 0.3) is 0 Å². The Hall–Kier alpha value is -0.670. The van der Waals surface area contributed by atoms with Gasteiger partial charge in [-0.05, 0) is 31.6 Å². The molecule has 1 amide bonds. The predicted octanol–water partition coefficient (Wildman–Crippen LogP) is 2.82. The molecule has 1 heterocycles. The smallest absolute Gasteiger partial charge is 0.322 e. The van der Waals surface area contributed by atoms with Crippen LogP contribution in [0, 0.1) is 5.92 Å². The highest BCUT2D eigenvalue weighted by Gasteiger charge is 2.43. The lowest BCUT2D eigenvalue weighted by Gasteiger charge is -2.44. The molecule has 1 saturated heterocycles. The highest BCUT2D eigenvalue weighted by Crippen LogP contribution is 2.36. The maximum atomic E-state index is 13.1. The highest BCUT2D eigenvalue weighted by molar-refractivity contribution is 5.83. The van der Waals surface area contributed by atoms with Crippen molar-refractivity contribution >= 4 is 5.91 Å². The van der Waals surface area contributed by atoms with Crippen LogP contribution < -0.4 is 0 Å². The zero-order chi connectivity index (χ0) is 11.8. The summed E-state index contributed by atoms with van der Waals surface area (Å²) in [7, 11) is 0. The Kier molecular flexibility index (Phi) is 3.17. The number of likely N-dealkylation sites (tertiary alicyclic amines) is 1. The Bertz CT molecular complexity index is 273. The molecule has 0 N–H and O–H groups in total. The number of amides is 1. The summed E-state index contributed by atoms with van der Waals surface area (Å²) in [6, 6.07) is 0.0841. The van der Waals surface area contributed by atoms with E-state index in [9.17, 15) is 13.6 Å². The van der Waals surface area contributed by atoms with Crippen LogP contribution in [0.5, 0.6) is 0 Å². The summed E-state index contributed by atoms with van der Waals surface area (Å²) in [4.78, 5) is 13.1. The second-order valence-electron chi connectivity index (χ2n) is 5.14. The molecule has 2 unspecified atom stereocenters. The maximum Gasteiger partial charge on any atom is 0.322 e. The molecule has 16 heavy (non-hydrogen) atoms. The van der Waals surface area contributed by atoms with Gasteiger partial charge in [0.2, 0.25) is 0 Å². The van der Waals surface area contributed by atoms with E-state index in [2.05, 4.69) is 0 Å². The first-order valence-electron chi connectivity index (χ1n) is 6.19. The molecule has 1 aliphatic heterocycles. The van der Waals surface area contributed by atoms with E-state index in [1.807, 2.05) is 0 Å². The third kappa shape index (κ3) is 2.20. The van der Waals surface area contributed by atoms with Crippen molar-refractivity contribution in [2.45, 2.75) is 57.4 Å². The third-order valence-electron chi connectivity index (χ3n) is 3.88. The molecule has 0 spiro atoms. The van der Waals surface area contributed by atoms with E-state index in [1.165, 1.54) is 11.3 Å². The number of hydrogen-bond acceptors (Lipinski definition) is 1. The minimum atomic E-state index is -3.21. The van der Waals surface area contributed by atoms with Crippen molar-refractivity contribution in [2.24, 2.45) is 5.92 Å². The van der Waals surface area contributed by atoms with Crippen molar-refractivity contribution in [3.8, 4) is 0 Å². The minimum absolute atomic E-state index is 0.0841. The van der Waals surface area contributed by atoms with E-state index >= 15 is 0 Å². The monoisotopic (exact) mass is 231 g/mol. The summed E-state index contributed by atoms with van der Waals surface area (Å²) in [5.41, 5.74) is 0. The number of hydrogen-bond donors (Lipinski definition) is 0. The first-order valence-corrected chi connectivity index (χ1v) is 6.19. The number of alkyl halides is 2. The molecule has 0 aromatic rings. The summed E-state index contributed by atoms with van der Waals surface area (Å²) in [5, 5.41) is 0. The van der Waals surface area contributed by atoms with Gasteiger partial charge in [-0.15, -0.1) is 0 Å². The van der Waals surface area contributed by atoms with Crippen LogP contribution in [0.1, 0.15) is 45.4 Å². The van der Waals surface area contributed by atoms with E-state index in [0.717, 1.165) is 32.1 Å². The van der Waals surface area contributed by atoms with Gasteiger partial charge in [-0.25, -0.2) is 0 Å². The predicted molar refractivity (Wildman–Crippen MR) is 57.3 cm³/mol. The minimum Gasteiger partial charge on any atom is -0.334 e. The number of carbonyl (C=O) groups is 1. The molecular weight excluding hydrogens is 212 g/mol. The molecule has 0 bridgehead atoms. The van der Waals surface area contributed by atoms with Gasteiger partial charge in [0.1, 0.15) is 0 Å². The molecule has 1 saturated carbocycles. The van der Waals surface area contributed by atoms with Crippen molar-refractivity contribution in [3.05, 3.63) is 0 Å². The lowest BCUT2D eigenvalue weighted by Crippen LogP contribution is -2.54. The molecule has 2 nitrogen and oxygen atoms in total. The zero-order valence-corrected chi connectivity index (χ0v) is 9.72. The van der Waals surface area contributed by atoms with Gasteiger partial charge < -0.3 is 4.90 Å². The Morgan fingerprint density at radius 3 is 2.50 bits per heavy atom. The fourth-order valence-electron chi connectivity index (χ4n) is 3.13. The molecule has 4 heteroatoms. The fraction of sp³-hybridized carbons (Fsp3) is 0.917. The van der Waals surface area contributed by atoms with Gasteiger partial charge in [0.25, 0.3) is 5.91 Å². The number of fused-ring (bicyclic) bond motifs is 1. The normalized spacial score (nSPS) is 31.1. The number of carbonyl (C=O) groups excluding carboxylic acids is 1. The van der Waals surface area contributed by atoms with Crippen molar-refractivity contribution < 1.29 is 13.6 Å². The van der Waals surface area contributed by atoms with Crippen LogP contribution >= 0.6 is 0 Å². The third-order valence-corrected chi connectivity index (χ3v) is 3.88. The number of rotatable bonds is 1. The Morgan fingerprint density at radius 2 is 1.81 bits per heavy atom. The lowest BCUT2D eigenvalue weighted by atomic mass is 9.78. The van der Waals surface area contributed by atoms with Crippen molar-refractivity contribution in [3.63, 3.8) is 0 Å². The number of halogens is 2. The van der Waals surface area contributed by atoms with Crippen LogP contribution in [-0.2, 0) is 4.79 Å². The molecule has 0 radical (unpaired) electrons. The lowest BCUT2D eigenvalue weighted by molar-refractivity contribution is -0.161. The van der Waals surface area contributed by atoms with Crippen molar-refractivity contribution in [2.75, 3.05) is 6.54 Å². The topological polar surface area (TPSA) is 20.3 Å². The Labute approximate surface area is 95.0 Å². The van der Waals surface area contributed by atoms with E-state index in [1.54, 1.807) is 0 Å². The fourth-order valence-corrected chi connectivity index (χ4v) is 3.13. The van der Waals surface area contributed by atoms with Crippen LogP contribution in [0.15, 0.2) is 0 Å². The standard InChI is InChI=1S/C12H19F2NO/c1-12(13,14)11(16)15-8-4-6-9-5-2-3-7-10(9)15/h9-10H,2-8H2,1H3. The van der Waals surface area contributed by atoms with Gasteiger partial charge in [-0.1, -0.05) is 12.8 Å². The van der Waals surface area contributed by atoms with E-state index in [0.29, 0.717) is 19.4 Å². The maximum absolute atomic E-state index is 13.1. The zero-order valence-electron chi connectivity index (χ0n) is 9.72. The second-order valence-corrected chi connectivity index (χ2v) is 5.14. The SMILES string of the molecule is CC(F)(F)C(=O)N1CCCC2CCCCC21.